The molecule has 0 spiro atoms. The average molecular weight is 390 g/mol. The van der Waals surface area contributed by atoms with E-state index in [4.69, 9.17) is 4.74 Å². The zero-order valence-electron chi connectivity index (χ0n) is 16.1. The standard InChI is InChI=1S/C19H27N5O2S/c1-4-23(19-21-18(14(2)3)22-27-19)13-17(25)20-15-5-7-16(8-6-15)24-9-11-26-12-10-24/h5-8,14H,4,9-13H2,1-3H3,(H,20,25). The summed E-state index contributed by atoms with van der Waals surface area (Å²) in [5.41, 5.74) is 1.95. The van der Waals surface area contributed by atoms with Gasteiger partial charge < -0.3 is 19.9 Å². The van der Waals surface area contributed by atoms with Crippen molar-refractivity contribution < 1.29 is 9.53 Å². The van der Waals surface area contributed by atoms with Crippen LogP contribution in [-0.4, -0.2) is 54.7 Å². The van der Waals surface area contributed by atoms with Crippen LogP contribution in [0.1, 0.15) is 32.5 Å². The van der Waals surface area contributed by atoms with Gasteiger partial charge in [-0.2, -0.15) is 4.37 Å². The van der Waals surface area contributed by atoms with Crippen LogP contribution >= 0.6 is 11.5 Å². The zero-order valence-corrected chi connectivity index (χ0v) is 17.0. The summed E-state index contributed by atoms with van der Waals surface area (Å²) in [7, 11) is 0. The summed E-state index contributed by atoms with van der Waals surface area (Å²) in [4.78, 5) is 21.2. The lowest BCUT2D eigenvalue weighted by molar-refractivity contribution is -0.115. The predicted octanol–water partition coefficient (Wildman–Crippen LogP) is 2.96. The molecule has 2 aromatic rings. The second-order valence-electron chi connectivity index (χ2n) is 6.80. The van der Waals surface area contributed by atoms with E-state index in [1.54, 1.807) is 0 Å². The van der Waals surface area contributed by atoms with Crippen molar-refractivity contribution in [3.8, 4) is 0 Å². The predicted molar refractivity (Wildman–Crippen MR) is 110 cm³/mol. The molecule has 1 amide bonds. The molecule has 1 aromatic heterocycles. The van der Waals surface area contributed by atoms with Crippen molar-refractivity contribution in [2.45, 2.75) is 26.7 Å². The first kappa shape index (κ1) is 19.6. The highest BCUT2D eigenvalue weighted by Gasteiger charge is 2.16. The number of hydrogen-bond acceptors (Lipinski definition) is 7. The molecule has 146 valence electrons. The number of hydrogen-bond donors (Lipinski definition) is 1. The summed E-state index contributed by atoms with van der Waals surface area (Å²) in [6.07, 6.45) is 0. The third-order valence-electron chi connectivity index (χ3n) is 4.46. The fourth-order valence-corrected chi connectivity index (χ4v) is 3.73. The number of likely N-dealkylation sites (N-methyl/N-ethyl adjacent to an activating group) is 1. The van der Waals surface area contributed by atoms with E-state index < -0.39 is 0 Å². The minimum atomic E-state index is -0.0581. The number of aromatic nitrogens is 2. The molecule has 1 aliphatic heterocycles. The highest BCUT2D eigenvalue weighted by molar-refractivity contribution is 7.09. The van der Waals surface area contributed by atoms with E-state index in [2.05, 4.69) is 33.4 Å². The second-order valence-corrected chi connectivity index (χ2v) is 7.53. The highest BCUT2D eigenvalue weighted by Crippen LogP contribution is 2.22. The van der Waals surface area contributed by atoms with Crippen molar-refractivity contribution in [3.63, 3.8) is 0 Å². The van der Waals surface area contributed by atoms with Crippen LogP contribution in [-0.2, 0) is 9.53 Å². The molecule has 0 atom stereocenters. The Hall–Kier alpha value is -2.19. The summed E-state index contributed by atoms with van der Waals surface area (Å²) < 4.78 is 9.76. The van der Waals surface area contributed by atoms with Crippen LogP contribution in [0, 0.1) is 0 Å². The number of anilines is 3. The van der Waals surface area contributed by atoms with Crippen LogP contribution < -0.4 is 15.1 Å². The number of nitrogens with one attached hydrogen (secondary N) is 1. The Labute approximate surface area is 164 Å². The molecule has 1 aliphatic rings. The van der Waals surface area contributed by atoms with Gasteiger partial charge in [0.2, 0.25) is 11.0 Å². The van der Waals surface area contributed by atoms with Gasteiger partial charge in [-0.25, -0.2) is 4.98 Å². The molecule has 0 bridgehead atoms. The van der Waals surface area contributed by atoms with Crippen molar-refractivity contribution in [1.82, 2.24) is 9.36 Å². The molecular formula is C19H27N5O2S. The number of morpholine rings is 1. The Morgan fingerprint density at radius 2 is 2.00 bits per heavy atom. The fraction of sp³-hybridized carbons (Fsp3) is 0.526. The second kappa shape index (κ2) is 9.14. The summed E-state index contributed by atoms with van der Waals surface area (Å²) >= 11 is 1.35. The van der Waals surface area contributed by atoms with Gasteiger partial charge >= 0.3 is 0 Å². The van der Waals surface area contributed by atoms with Crippen LogP contribution in [0.4, 0.5) is 16.5 Å². The van der Waals surface area contributed by atoms with Crippen molar-refractivity contribution in [2.75, 3.05) is 54.5 Å². The number of carbonyl (C=O) groups is 1. The van der Waals surface area contributed by atoms with Gasteiger partial charge in [0.25, 0.3) is 0 Å². The van der Waals surface area contributed by atoms with Gasteiger partial charge in [-0.1, -0.05) is 13.8 Å². The molecule has 1 fully saturated rings. The zero-order chi connectivity index (χ0) is 19.2. The van der Waals surface area contributed by atoms with Crippen molar-refractivity contribution in [1.29, 1.82) is 0 Å². The normalized spacial score (nSPS) is 14.4. The molecule has 1 N–H and O–H groups in total. The van der Waals surface area contributed by atoms with E-state index in [0.717, 1.165) is 48.6 Å². The molecule has 27 heavy (non-hydrogen) atoms. The molecule has 3 rings (SSSR count). The third kappa shape index (κ3) is 5.17. The van der Waals surface area contributed by atoms with Crippen LogP contribution in [0.2, 0.25) is 0 Å². The van der Waals surface area contributed by atoms with Gasteiger partial charge in [0, 0.05) is 48.5 Å². The van der Waals surface area contributed by atoms with Gasteiger partial charge in [-0.15, -0.1) is 0 Å². The maximum Gasteiger partial charge on any atom is 0.243 e. The number of amides is 1. The van der Waals surface area contributed by atoms with Gasteiger partial charge in [-0.05, 0) is 31.2 Å². The molecule has 2 heterocycles. The quantitative estimate of drug-likeness (QED) is 0.785. The summed E-state index contributed by atoms with van der Waals surface area (Å²) in [5.74, 6) is 1.05. The van der Waals surface area contributed by atoms with Crippen LogP contribution in [0.3, 0.4) is 0 Å². The summed E-state index contributed by atoms with van der Waals surface area (Å²) in [5, 5.41) is 3.76. The van der Waals surface area contributed by atoms with Crippen molar-refractivity contribution in [2.24, 2.45) is 0 Å². The molecule has 7 nitrogen and oxygen atoms in total. The average Bonchev–Trinajstić information content (AvgIpc) is 3.18. The minimum absolute atomic E-state index is 0.0581. The van der Waals surface area contributed by atoms with E-state index in [9.17, 15) is 4.79 Å². The first-order chi connectivity index (χ1) is 13.1. The molecule has 0 radical (unpaired) electrons. The molecule has 0 saturated carbocycles. The Kier molecular flexibility index (Phi) is 6.63. The van der Waals surface area contributed by atoms with Crippen molar-refractivity contribution >= 4 is 33.9 Å². The Balaban J connectivity index is 1.57. The van der Waals surface area contributed by atoms with Gasteiger partial charge in [0.1, 0.15) is 5.82 Å². The van der Waals surface area contributed by atoms with Gasteiger partial charge in [0.15, 0.2) is 0 Å². The molecule has 8 heteroatoms. The van der Waals surface area contributed by atoms with E-state index in [-0.39, 0.29) is 18.4 Å². The number of ether oxygens (including phenoxy) is 1. The first-order valence-electron chi connectivity index (χ1n) is 9.38. The number of carbonyl (C=O) groups excluding carboxylic acids is 1. The molecule has 1 saturated heterocycles. The molecule has 0 unspecified atom stereocenters. The monoisotopic (exact) mass is 389 g/mol. The lowest BCUT2D eigenvalue weighted by atomic mass is 10.2. The van der Waals surface area contributed by atoms with E-state index in [1.165, 1.54) is 11.5 Å². The minimum Gasteiger partial charge on any atom is -0.378 e. The molecule has 1 aromatic carbocycles. The smallest absolute Gasteiger partial charge is 0.243 e. The fourth-order valence-electron chi connectivity index (χ4n) is 2.86. The number of nitrogens with zero attached hydrogens (tertiary/aromatic N) is 4. The summed E-state index contributed by atoms with van der Waals surface area (Å²) in [6.45, 7) is 10.4. The van der Waals surface area contributed by atoms with E-state index >= 15 is 0 Å². The van der Waals surface area contributed by atoms with E-state index in [1.807, 2.05) is 36.1 Å². The highest BCUT2D eigenvalue weighted by atomic mass is 32.1. The maximum absolute atomic E-state index is 12.5. The number of rotatable bonds is 7. The SMILES string of the molecule is CCN(CC(=O)Nc1ccc(N2CCOCC2)cc1)c1nc(C(C)C)ns1. The molecular weight excluding hydrogens is 362 g/mol. The Morgan fingerprint density at radius 1 is 1.30 bits per heavy atom. The Morgan fingerprint density at radius 3 is 2.59 bits per heavy atom. The molecule has 0 aliphatic carbocycles. The first-order valence-corrected chi connectivity index (χ1v) is 10.1. The third-order valence-corrected chi connectivity index (χ3v) is 5.25. The van der Waals surface area contributed by atoms with Crippen molar-refractivity contribution in [3.05, 3.63) is 30.1 Å². The summed E-state index contributed by atoms with van der Waals surface area (Å²) in [6, 6.07) is 7.97. The Bertz CT molecular complexity index is 741. The maximum atomic E-state index is 12.5. The van der Waals surface area contributed by atoms with Crippen LogP contribution in [0.25, 0.3) is 0 Å². The lowest BCUT2D eigenvalue weighted by Gasteiger charge is -2.29. The lowest BCUT2D eigenvalue weighted by Crippen LogP contribution is -2.36. The van der Waals surface area contributed by atoms with Gasteiger partial charge in [-0.3, -0.25) is 4.79 Å². The van der Waals surface area contributed by atoms with Gasteiger partial charge in [0.05, 0.1) is 19.8 Å². The largest absolute Gasteiger partial charge is 0.378 e. The van der Waals surface area contributed by atoms with Crippen LogP contribution in [0.5, 0.6) is 0 Å². The number of benzene rings is 1. The topological polar surface area (TPSA) is 70.6 Å². The van der Waals surface area contributed by atoms with E-state index in [0.29, 0.717) is 6.54 Å². The van der Waals surface area contributed by atoms with Crippen LogP contribution in [0.15, 0.2) is 24.3 Å².